The van der Waals surface area contributed by atoms with E-state index in [1.165, 1.54) is 61.2 Å². The van der Waals surface area contributed by atoms with Crippen LogP contribution in [0.5, 0.6) is 5.75 Å². The number of rotatable bonds is 10. The van der Waals surface area contributed by atoms with Crippen molar-refractivity contribution >= 4 is 21.8 Å². The van der Waals surface area contributed by atoms with E-state index in [2.05, 4.69) is 54.4 Å². The molecule has 0 fully saturated rings. The van der Waals surface area contributed by atoms with E-state index in [1.54, 1.807) is 0 Å². The second-order valence-electron chi connectivity index (χ2n) is 6.70. The van der Waals surface area contributed by atoms with Crippen LogP contribution in [-0.4, -0.2) is 11.6 Å². The molecule has 0 aliphatic carbocycles. The minimum absolute atomic E-state index is 0.820. The Balaban J connectivity index is 1.44. The van der Waals surface area contributed by atoms with Crippen LogP contribution < -0.4 is 4.74 Å². The number of hydrogen-bond donors (Lipinski definition) is 1. The molecule has 0 radical (unpaired) electrons. The molecule has 2 aromatic carbocycles. The fourth-order valence-corrected chi connectivity index (χ4v) is 3.35. The molecule has 0 saturated carbocycles. The smallest absolute Gasteiger partial charge is 0.121 e. The van der Waals surface area contributed by atoms with Crippen molar-refractivity contribution in [3.05, 3.63) is 42.5 Å². The molecule has 128 valence electrons. The Morgan fingerprint density at radius 1 is 0.750 bits per heavy atom. The standard InChI is InChI=1S/C22H29NO/c1-2-3-4-5-6-7-8-11-16-24-18-14-15-20-19-12-9-10-13-21(19)23-22(20)17-18/h9-10,12-15,17,23H,2-8,11,16H2,1H3. The normalized spacial score (nSPS) is 11.4. The van der Waals surface area contributed by atoms with E-state index in [0.717, 1.165) is 24.3 Å². The molecule has 24 heavy (non-hydrogen) atoms. The predicted octanol–water partition coefficient (Wildman–Crippen LogP) is 6.84. The molecule has 0 spiro atoms. The minimum Gasteiger partial charge on any atom is -0.494 e. The third-order valence-corrected chi connectivity index (χ3v) is 4.74. The number of H-pyrrole nitrogens is 1. The molecule has 3 aromatic rings. The average Bonchev–Trinajstić information content (AvgIpc) is 2.98. The Kier molecular flexibility index (Phi) is 6.17. The molecule has 0 unspecified atom stereocenters. The number of benzene rings is 2. The first-order chi connectivity index (χ1) is 11.9. The molecular weight excluding hydrogens is 294 g/mol. The van der Waals surface area contributed by atoms with Crippen LogP contribution in [-0.2, 0) is 0 Å². The molecule has 0 saturated heterocycles. The number of ether oxygens (including phenoxy) is 1. The van der Waals surface area contributed by atoms with Gasteiger partial charge in [0.25, 0.3) is 0 Å². The molecule has 1 heterocycles. The Bertz CT molecular complexity index is 759. The van der Waals surface area contributed by atoms with Gasteiger partial charge in [0.1, 0.15) is 5.75 Å². The summed E-state index contributed by atoms with van der Waals surface area (Å²) in [6, 6.07) is 14.8. The molecule has 0 aliphatic heterocycles. The topological polar surface area (TPSA) is 25.0 Å². The van der Waals surface area contributed by atoms with Gasteiger partial charge in [0.05, 0.1) is 12.1 Å². The summed E-state index contributed by atoms with van der Waals surface area (Å²) >= 11 is 0. The summed E-state index contributed by atoms with van der Waals surface area (Å²) in [5, 5.41) is 2.55. The van der Waals surface area contributed by atoms with Crippen LogP contribution in [0.4, 0.5) is 0 Å². The van der Waals surface area contributed by atoms with Gasteiger partial charge < -0.3 is 9.72 Å². The summed E-state index contributed by atoms with van der Waals surface area (Å²) in [4.78, 5) is 3.47. The Labute approximate surface area is 145 Å². The van der Waals surface area contributed by atoms with E-state index in [9.17, 15) is 0 Å². The quantitative estimate of drug-likeness (QED) is 0.406. The lowest BCUT2D eigenvalue weighted by Crippen LogP contribution is -1.97. The number of aromatic amines is 1. The highest BCUT2D eigenvalue weighted by atomic mass is 16.5. The summed E-state index contributed by atoms with van der Waals surface area (Å²) < 4.78 is 5.94. The monoisotopic (exact) mass is 323 g/mol. The largest absolute Gasteiger partial charge is 0.494 e. The second-order valence-corrected chi connectivity index (χ2v) is 6.70. The predicted molar refractivity (Wildman–Crippen MR) is 104 cm³/mol. The van der Waals surface area contributed by atoms with Gasteiger partial charge in [-0.3, -0.25) is 0 Å². The second kappa shape index (κ2) is 8.77. The van der Waals surface area contributed by atoms with Gasteiger partial charge in [-0.15, -0.1) is 0 Å². The van der Waals surface area contributed by atoms with Gasteiger partial charge >= 0.3 is 0 Å². The molecule has 0 atom stereocenters. The number of fused-ring (bicyclic) bond motifs is 3. The highest BCUT2D eigenvalue weighted by Crippen LogP contribution is 2.28. The van der Waals surface area contributed by atoms with Crippen molar-refractivity contribution < 1.29 is 4.74 Å². The molecule has 0 bridgehead atoms. The number of hydrogen-bond acceptors (Lipinski definition) is 1. The van der Waals surface area contributed by atoms with Crippen molar-refractivity contribution in [2.75, 3.05) is 6.61 Å². The summed E-state index contributed by atoms with van der Waals surface area (Å²) in [6.07, 6.45) is 10.7. The van der Waals surface area contributed by atoms with Crippen molar-refractivity contribution in [2.45, 2.75) is 58.3 Å². The molecule has 2 heteroatoms. The van der Waals surface area contributed by atoms with Crippen LogP contribution in [0.25, 0.3) is 21.8 Å². The zero-order valence-corrected chi connectivity index (χ0v) is 14.8. The van der Waals surface area contributed by atoms with E-state index in [0.29, 0.717) is 0 Å². The number of unbranched alkanes of at least 4 members (excludes halogenated alkanes) is 7. The summed E-state index contributed by atoms with van der Waals surface area (Å²) in [6.45, 7) is 3.09. The van der Waals surface area contributed by atoms with Gasteiger partial charge in [-0.2, -0.15) is 0 Å². The zero-order chi connectivity index (χ0) is 16.6. The first-order valence-electron chi connectivity index (χ1n) is 9.52. The summed E-state index contributed by atoms with van der Waals surface area (Å²) in [7, 11) is 0. The van der Waals surface area contributed by atoms with E-state index in [4.69, 9.17) is 4.74 Å². The van der Waals surface area contributed by atoms with Crippen molar-refractivity contribution in [3.63, 3.8) is 0 Å². The highest BCUT2D eigenvalue weighted by molar-refractivity contribution is 6.07. The van der Waals surface area contributed by atoms with Crippen LogP contribution in [0.3, 0.4) is 0 Å². The van der Waals surface area contributed by atoms with Crippen LogP contribution in [0.15, 0.2) is 42.5 Å². The lowest BCUT2D eigenvalue weighted by atomic mass is 10.1. The minimum atomic E-state index is 0.820. The van der Waals surface area contributed by atoms with Crippen LogP contribution in [0, 0.1) is 0 Å². The Hall–Kier alpha value is -1.96. The SMILES string of the molecule is CCCCCCCCCCOc1ccc2c(c1)[nH]c1ccccc12. The van der Waals surface area contributed by atoms with Crippen molar-refractivity contribution in [3.8, 4) is 5.75 Å². The van der Waals surface area contributed by atoms with E-state index in [1.807, 2.05) is 0 Å². The fraction of sp³-hybridized carbons (Fsp3) is 0.455. The van der Waals surface area contributed by atoms with Crippen molar-refractivity contribution in [1.82, 2.24) is 4.98 Å². The van der Waals surface area contributed by atoms with Crippen LogP contribution >= 0.6 is 0 Å². The van der Waals surface area contributed by atoms with E-state index >= 15 is 0 Å². The van der Waals surface area contributed by atoms with Gasteiger partial charge in [0, 0.05) is 22.4 Å². The lowest BCUT2D eigenvalue weighted by Gasteiger charge is -2.06. The number of aromatic nitrogens is 1. The fourth-order valence-electron chi connectivity index (χ4n) is 3.35. The van der Waals surface area contributed by atoms with Gasteiger partial charge in [0.15, 0.2) is 0 Å². The average molecular weight is 323 g/mol. The maximum atomic E-state index is 5.94. The Morgan fingerprint density at radius 3 is 2.29 bits per heavy atom. The van der Waals surface area contributed by atoms with E-state index in [-0.39, 0.29) is 0 Å². The van der Waals surface area contributed by atoms with E-state index < -0.39 is 0 Å². The molecule has 0 aliphatic rings. The van der Waals surface area contributed by atoms with Crippen molar-refractivity contribution in [2.24, 2.45) is 0 Å². The lowest BCUT2D eigenvalue weighted by molar-refractivity contribution is 0.304. The number of nitrogens with one attached hydrogen (secondary N) is 1. The van der Waals surface area contributed by atoms with Crippen LogP contribution in [0.1, 0.15) is 58.3 Å². The highest BCUT2D eigenvalue weighted by Gasteiger charge is 2.04. The maximum absolute atomic E-state index is 5.94. The summed E-state index contributed by atoms with van der Waals surface area (Å²) in [5.41, 5.74) is 2.34. The zero-order valence-electron chi connectivity index (χ0n) is 14.8. The third kappa shape index (κ3) is 4.31. The molecule has 2 nitrogen and oxygen atoms in total. The van der Waals surface area contributed by atoms with Crippen LogP contribution in [0.2, 0.25) is 0 Å². The molecule has 1 N–H and O–H groups in total. The van der Waals surface area contributed by atoms with Gasteiger partial charge in [-0.1, -0.05) is 70.1 Å². The molecule has 3 rings (SSSR count). The van der Waals surface area contributed by atoms with Gasteiger partial charge in [-0.05, 0) is 24.6 Å². The van der Waals surface area contributed by atoms with Crippen molar-refractivity contribution in [1.29, 1.82) is 0 Å². The molecular formula is C22H29NO. The number of para-hydroxylation sites is 1. The van der Waals surface area contributed by atoms with Gasteiger partial charge in [-0.25, -0.2) is 0 Å². The maximum Gasteiger partial charge on any atom is 0.121 e. The Morgan fingerprint density at radius 2 is 1.46 bits per heavy atom. The molecule has 1 aromatic heterocycles. The van der Waals surface area contributed by atoms with Gasteiger partial charge in [0.2, 0.25) is 0 Å². The summed E-state index contributed by atoms with van der Waals surface area (Å²) in [5.74, 6) is 0.969. The first-order valence-corrected chi connectivity index (χ1v) is 9.52. The first kappa shape index (κ1) is 16.9. The molecule has 0 amide bonds. The third-order valence-electron chi connectivity index (χ3n) is 4.74.